The number of aromatic nitrogens is 2. The highest BCUT2D eigenvalue weighted by atomic mass is 35.5. The highest BCUT2D eigenvalue weighted by molar-refractivity contribution is 6.34. The first-order valence-electron chi connectivity index (χ1n) is 6.48. The number of nitrogens with one attached hydrogen (secondary N) is 1. The fourth-order valence-corrected chi connectivity index (χ4v) is 2.20. The molecule has 1 aromatic carbocycles. The number of ether oxygens (including phenoxy) is 1. The standard InChI is InChI=1S/C14H13ClN4O4/c1-7-12(8(2)17-14(16-7)23-3)18-13(20)10-5-4-9(19(21)22)6-11(10)15/h4-6H,1-3H3,(H,18,20). The number of non-ortho nitro benzene ring substituents is 1. The summed E-state index contributed by atoms with van der Waals surface area (Å²) >= 11 is 5.95. The lowest BCUT2D eigenvalue weighted by Gasteiger charge is -2.12. The van der Waals surface area contributed by atoms with Gasteiger partial charge >= 0.3 is 6.01 Å². The van der Waals surface area contributed by atoms with Crippen LogP contribution in [0.4, 0.5) is 11.4 Å². The van der Waals surface area contributed by atoms with E-state index in [2.05, 4.69) is 15.3 Å². The smallest absolute Gasteiger partial charge is 0.316 e. The van der Waals surface area contributed by atoms with Gasteiger partial charge in [0.15, 0.2) is 0 Å². The average molecular weight is 337 g/mol. The van der Waals surface area contributed by atoms with Crippen molar-refractivity contribution in [3.8, 4) is 6.01 Å². The molecule has 0 atom stereocenters. The molecule has 0 saturated heterocycles. The van der Waals surface area contributed by atoms with Gasteiger partial charge in [-0.2, -0.15) is 9.97 Å². The van der Waals surface area contributed by atoms with Gasteiger partial charge in [0.1, 0.15) is 0 Å². The zero-order valence-electron chi connectivity index (χ0n) is 12.6. The van der Waals surface area contributed by atoms with Crippen LogP contribution in [0.25, 0.3) is 0 Å². The van der Waals surface area contributed by atoms with Gasteiger partial charge in [-0.3, -0.25) is 14.9 Å². The van der Waals surface area contributed by atoms with E-state index < -0.39 is 10.8 Å². The predicted octanol–water partition coefficient (Wildman–Crippen LogP) is 2.92. The first kappa shape index (κ1) is 16.6. The Balaban J connectivity index is 2.31. The largest absolute Gasteiger partial charge is 0.467 e. The number of nitrogens with zero attached hydrogens (tertiary/aromatic N) is 3. The van der Waals surface area contributed by atoms with Crippen LogP contribution in [-0.4, -0.2) is 27.9 Å². The number of halogens is 1. The van der Waals surface area contributed by atoms with Crippen molar-refractivity contribution in [3.63, 3.8) is 0 Å². The number of hydrogen-bond acceptors (Lipinski definition) is 6. The maximum Gasteiger partial charge on any atom is 0.316 e. The SMILES string of the molecule is COc1nc(C)c(NC(=O)c2ccc([N+](=O)[O-])cc2Cl)c(C)n1. The Morgan fingerprint density at radius 3 is 2.39 bits per heavy atom. The van der Waals surface area contributed by atoms with E-state index in [-0.39, 0.29) is 22.3 Å². The Labute approximate surface area is 136 Å². The number of rotatable bonds is 4. The van der Waals surface area contributed by atoms with E-state index in [0.29, 0.717) is 17.1 Å². The Kier molecular flexibility index (Phi) is 4.75. The van der Waals surface area contributed by atoms with Crippen LogP contribution in [0.1, 0.15) is 21.7 Å². The summed E-state index contributed by atoms with van der Waals surface area (Å²) < 4.78 is 4.96. The fraction of sp³-hybridized carbons (Fsp3) is 0.214. The Bertz CT molecular complexity index is 771. The monoisotopic (exact) mass is 336 g/mol. The summed E-state index contributed by atoms with van der Waals surface area (Å²) in [7, 11) is 1.45. The van der Waals surface area contributed by atoms with Crippen LogP contribution >= 0.6 is 11.6 Å². The molecular formula is C14H13ClN4O4. The van der Waals surface area contributed by atoms with Crippen molar-refractivity contribution in [1.29, 1.82) is 0 Å². The quantitative estimate of drug-likeness (QED) is 0.679. The molecule has 0 unspecified atom stereocenters. The van der Waals surface area contributed by atoms with Gasteiger partial charge in [-0.1, -0.05) is 11.6 Å². The summed E-state index contributed by atoms with van der Waals surface area (Å²) in [6, 6.07) is 3.84. The second kappa shape index (κ2) is 6.57. The van der Waals surface area contributed by atoms with Crippen molar-refractivity contribution in [1.82, 2.24) is 9.97 Å². The van der Waals surface area contributed by atoms with Gasteiger partial charge in [0.25, 0.3) is 11.6 Å². The van der Waals surface area contributed by atoms with Crippen LogP contribution in [-0.2, 0) is 0 Å². The van der Waals surface area contributed by atoms with E-state index in [1.807, 2.05) is 0 Å². The summed E-state index contributed by atoms with van der Waals surface area (Å²) in [5, 5.41) is 13.3. The molecule has 9 heteroatoms. The van der Waals surface area contributed by atoms with Crippen molar-refractivity contribution in [2.45, 2.75) is 13.8 Å². The van der Waals surface area contributed by atoms with Crippen LogP contribution in [0.15, 0.2) is 18.2 Å². The highest BCUT2D eigenvalue weighted by Crippen LogP contribution is 2.25. The van der Waals surface area contributed by atoms with Crippen molar-refractivity contribution >= 4 is 28.9 Å². The molecule has 1 heterocycles. The van der Waals surface area contributed by atoms with Gasteiger partial charge in [0.2, 0.25) is 0 Å². The van der Waals surface area contributed by atoms with Crippen LogP contribution < -0.4 is 10.1 Å². The second-order valence-electron chi connectivity index (χ2n) is 4.63. The molecule has 2 aromatic rings. The second-order valence-corrected chi connectivity index (χ2v) is 5.04. The Morgan fingerprint density at radius 2 is 1.91 bits per heavy atom. The molecule has 1 N–H and O–H groups in total. The molecule has 0 fully saturated rings. The summed E-state index contributed by atoms with van der Waals surface area (Å²) in [6.45, 7) is 3.40. The summed E-state index contributed by atoms with van der Waals surface area (Å²) in [4.78, 5) is 30.6. The number of nitro benzene ring substituents is 1. The van der Waals surface area contributed by atoms with Crippen LogP contribution in [0, 0.1) is 24.0 Å². The average Bonchev–Trinajstić information content (AvgIpc) is 2.50. The third-order valence-corrected chi connectivity index (χ3v) is 3.39. The maximum atomic E-state index is 12.3. The zero-order chi connectivity index (χ0) is 17.1. The summed E-state index contributed by atoms with van der Waals surface area (Å²) in [5.74, 6) is -0.509. The lowest BCUT2D eigenvalue weighted by atomic mass is 10.1. The zero-order valence-corrected chi connectivity index (χ0v) is 13.3. The number of carbonyl (C=O) groups excluding carboxylic acids is 1. The fourth-order valence-electron chi connectivity index (χ4n) is 1.94. The van der Waals surface area contributed by atoms with Gasteiger partial charge in [-0.25, -0.2) is 0 Å². The highest BCUT2D eigenvalue weighted by Gasteiger charge is 2.17. The van der Waals surface area contributed by atoms with E-state index in [0.717, 1.165) is 6.07 Å². The van der Waals surface area contributed by atoms with Crippen molar-refractivity contribution in [3.05, 3.63) is 50.3 Å². The van der Waals surface area contributed by atoms with Gasteiger partial charge in [-0.15, -0.1) is 0 Å². The van der Waals surface area contributed by atoms with E-state index >= 15 is 0 Å². The third kappa shape index (κ3) is 3.54. The predicted molar refractivity (Wildman–Crippen MR) is 84.1 cm³/mol. The number of aryl methyl sites for hydroxylation is 2. The summed E-state index contributed by atoms with van der Waals surface area (Å²) in [6.07, 6.45) is 0. The van der Waals surface area contributed by atoms with Gasteiger partial charge < -0.3 is 10.1 Å². The van der Waals surface area contributed by atoms with Crippen LogP contribution in [0.2, 0.25) is 5.02 Å². The van der Waals surface area contributed by atoms with Crippen LogP contribution in [0.5, 0.6) is 6.01 Å². The number of benzene rings is 1. The molecule has 0 bridgehead atoms. The molecule has 1 aromatic heterocycles. The maximum absolute atomic E-state index is 12.3. The molecule has 0 saturated carbocycles. The molecule has 2 rings (SSSR count). The Morgan fingerprint density at radius 1 is 1.30 bits per heavy atom. The van der Waals surface area contributed by atoms with Crippen LogP contribution in [0.3, 0.4) is 0 Å². The first-order chi connectivity index (χ1) is 10.8. The number of amides is 1. The minimum atomic E-state index is -0.584. The molecule has 0 aliphatic rings. The number of anilines is 1. The van der Waals surface area contributed by atoms with Gasteiger partial charge in [-0.05, 0) is 19.9 Å². The minimum Gasteiger partial charge on any atom is -0.467 e. The first-order valence-corrected chi connectivity index (χ1v) is 6.85. The number of carbonyl (C=O) groups is 1. The number of nitro groups is 1. The van der Waals surface area contributed by atoms with Gasteiger partial charge in [0, 0.05) is 12.1 Å². The molecule has 0 aliphatic carbocycles. The number of hydrogen-bond donors (Lipinski definition) is 1. The molecule has 120 valence electrons. The molecule has 0 spiro atoms. The molecule has 23 heavy (non-hydrogen) atoms. The van der Waals surface area contributed by atoms with E-state index in [1.165, 1.54) is 19.2 Å². The minimum absolute atomic E-state index is 0.0126. The third-order valence-electron chi connectivity index (χ3n) is 3.08. The molecule has 0 aliphatic heterocycles. The number of methoxy groups -OCH3 is 1. The normalized spacial score (nSPS) is 10.3. The lowest BCUT2D eigenvalue weighted by molar-refractivity contribution is -0.384. The molecular weight excluding hydrogens is 324 g/mol. The van der Waals surface area contributed by atoms with E-state index in [4.69, 9.17) is 16.3 Å². The molecule has 0 radical (unpaired) electrons. The van der Waals surface area contributed by atoms with Crippen molar-refractivity contribution in [2.75, 3.05) is 12.4 Å². The summed E-state index contributed by atoms with van der Waals surface area (Å²) in [5.41, 5.74) is 1.42. The van der Waals surface area contributed by atoms with E-state index in [1.54, 1.807) is 13.8 Å². The Hall–Kier alpha value is -2.74. The van der Waals surface area contributed by atoms with Gasteiger partial charge in [0.05, 0.1) is 39.7 Å². The van der Waals surface area contributed by atoms with Crippen molar-refractivity contribution < 1.29 is 14.5 Å². The van der Waals surface area contributed by atoms with E-state index in [9.17, 15) is 14.9 Å². The lowest BCUT2D eigenvalue weighted by Crippen LogP contribution is -2.16. The van der Waals surface area contributed by atoms with Crippen molar-refractivity contribution in [2.24, 2.45) is 0 Å². The molecule has 8 nitrogen and oxygen atoms in total. The topological polar surface area (TPSA) is 107 Å². The molecule has 1 amide bonds.